The molecule has 0 atom stereocenters. The Balaban J connectivity index is 1.77. The van der Waals surface area contributed by atoms with Gasteiger partial charge >= 0.3 is 0 Å². The van der Waals surface area contributed by atoms with Crippen LogP contribution >= 0.6 is 11.8 Å². The first kappa shape index (κ1) is 12.6. The molecule has 1 fully saturated rings. The molecule has 1 saturated heterocycles. The molecule has 0 saturated carbocycles. The maximum atomic E-state index is 5.68. The van der Waals surface area contributed by atoms with E-state index in [9.17, 15) is 0 Å². The van der Waals surface area contributed by atoms with Crippen molar-refractivity contribution in [2.75, 3.05) is 44.3 Å². The molecular weight excluding hydrogens is 236 g/mol. The maximum absolute atomic E-state index is 5.68. The van der Waals surface area contributed by atoms with Crippen LogP contribution in [0.5, 0.6) is 0 Å². The molecule has 1 aromatic rings. The molecule has 2 N–H and O–H groups in total. The first-order valence-electron chi connectivity index (χ1n) is 5.78. The monoisotopic (exact) mass is 254 g/mol. The van der Waals surface area contributed by atoms with Crippen molar-refractivity contribution in [3.05, 3.63) is 11.8 Å². The summed E-state index contributed by atoms with van der Waals surface area (Å²) in [6.07, 6.45) is 0. The Kier molecular flexibility index (Phi) is 4.58. The lowest BCUT2D eigenvalue weighted by Crippen LogP contribution is -2.37. The van der Waals surface area contributed by atoms with Gasteiger partial charge in [-0.1, -0.05) is 11.8 Å². The fourth-order valence-electron chi connectivity index (χ4n) is 1.72. The highest BCUT2D eigenvalue weighted by atomic mass is 32.2. The van der Waals surface area contributed by atoms with Crippen molar-refractivity contribution in [3.8, 4) is 0 Å². The number of aryl methyl sites for hydroxylation is 1. The number of anilines is 1. The van der Waals surface area contributed by atoms with Crippen molar-refractivity contribution in [3.63, 3.8) is 0 Å². The average molecular weight is 254 g/mol. The Labute approximate surface area is 106 Å². The van der Waals surface area contributed by atoms with Crippen LogP contribution in [-0.4, -0.2) is 53.5 Å². The summed E-state index contributed by atoms with van der Waals surface area (Å²) in [6, 6.07) is 1.78. The number of ether oxygens (including phenoxy) is 1. The highest BCUT2D eigenvalue weighted by molar-refractivity contribution is 7.99. The minimum Gasteiger partial charge on any atom is -0.384 e. The van der Waals surface area contributed by atoms with E-state index in [1.807, 2.05) is 6.92 Å². The van der Waals surface area contributed by atoms with Crippen molar-refractivity contribution in [2.24, 2.45) is 0 Å². The zero-order chi connectivity index (χ0) is 12.1. The van der Waals surface area contributed by atoms with Crippen LogP contribution in [0.25, 0.3) is 0 Å². The zero-order valence-corrected chi connectivity index (χ0v) is 10.9. The first-order valence-corrected chi connectivity index (χ1v) is 6.76. The fourth-order valence-corrected chi connectivity index (χ4v) is 2.63. The third kappa shape index (κ3) is 4.14. The molecule has 17 heavy (non-hydrogen) atoms. The van der Waals surface area contributed by atoms with Crippen molar-refractivity contribution >= 4 is 17.6 Å². The third-order valence-electron chi connectivity index (χ3n) is 2.60. The predicted molar refractivity (Wildman–Crippen MR) is 69.2 cm³/mol. The third-order valence-corrected chi connectivity index (χ3v) is 3.42. The number of rotatable bonds is 4. The topological polar surface area (TPSA) is 64.3 Å². The van der Waals surface area contributed by atoms with E-state index in [1.165, 1.54) is 0 Å². The molecule has 0 aromatic carbocycles. The van der Waals surface area contributed by atoms with E-state index in [0.717, 1.165) is 49.5 Å². The van der Waals surface area contributed by atoms with Gasteiger partial charge in [0, 0.05) is 37.1 Å². The van der Waals surface area contributed by atoms with E-state index in [1.54, 1.807) is 17.8 Å². The second kappa shape index (κ2) is 6.18. The summed E-state index contributed by atoms with van der Waals surface area (Å²) in [4.78, 5) is 10.9. The van der Waals surface area contributed by atoms with Crippen LogP contribution in [0.3, 0.4) is 0 Å². The highest BCUT2D eigenvalue weighted by Crippen LogP contribution is 2.15. The standard InChI is InChI=1S/C11H18N4OS/c1-9-8-10(12)14-11(13-9)17-7-4-15-2-5-16-6-3-15/h8H,2-7H2,1H3,(H2,12,13,14). The van der Waals surface area contributed by atoms with E-state index in [-0.39, 0.29) is 0 Å². The Hall–Kier alpha value is -0.850. The van der Waals surface area contributed by atoms with Gasteiger partial charge in [0.25, 0.3) is 0 Å². The van der Waals surface area contributed by atoms with E-state index in [4.69, 9.17) is 10.5 Å². The number of nitrogen functional groups attached to an aromatic ring is 1. The molecule has 1 aliphatic rings. The second-order valence-corrected chi connectivity index (χ2v) is 5.08. The van der Waals surface area contributed by atoms with Gasteiger partial charge in [-0.25, -0.2) is 9.97 Å². The van der Waals surface area contributed by atoms with Crippen LogP contribution in [-0.2, 0) is 4.74 Å². The summed E-state index contributed by atoms with van der Waals surface area (Å²) >= 11 is 1.66. The lowest BCUT2D eigenvalue weighted by Gasteiger charge is -2.26. The fraction of sp³-hybridized carbons (Fsp3) is 0.636. The van der Waals surface area contributed by atoms with Crippen LogP contribution < -0.4 is 5.73 Å². The molecule has 94 valence electrons. The summed E-state index contributed by atoms with van der Waals surface area (Å²) in [7, 11) is 0. The minimum absolute atomic E-state index is 0.548. The molecule has 0 amide bonds. The Morgan fingerprint density at radius 2 is 2.18 bits per heavy atom. The van der Waals surface area contributed by atoms with Gasteiger partial charge in [-0.15, -0.1) is 0 Å². The number of aromatic nitrogens is 2. The Bertz CT molecular complexity index is 348. The van der Waals surface area contributed by atoms with E-state index < -0.39 is 0 Å². The van der Waals surface area contributed by atoms with Crippen molar-refractivity contribution in [1.29, 1.82) is 0 Å². The molecular formula is C11H18N4OS. The van der Waals surface area contributed by atoms with Crippen LogP contribution in [0.1, 0.15) is 5.69 Å². The molecule has 0 spiro atoms. The minimum atomic E-state index is 0.548. The normalized spacial score (nSPS) is 17.2. The van der Waals surface area contributed by atoms with Gasteiger partial charge in [0.1, 0.15) is 5.82 Å². The SMILES string of the molecule is Cc1cc(N)nc(SCCN2CCOCC2)n1. The lowest BCUT2D eigenvalue weighted by molar-refractivity contribution is 0.0410. The molecule has 5 nitrogen and oxygen atoms in total. The predicted octanol–water partition coefficient (Wildman–Crippen LogP) is 0.792. The number of nitrogens with two attached hydrogens (primary N) is 1. The van der Waals surface area contributed by atoms with Gasteiger partial charge in [-0.05, 0) is 6.92 Å². The van der Waals surface area contributed by atoms with Crippen molar-refractivity contribution < 1.29 is 4.74 Å². The zero-order valence-electron chi connectivity index (χ0n) is 10.1. The Morgan fingerprint density at radius 3 is 2.88 bits per heavy atom. The number of thioether (sulfide) groups is 1. The lowest BCUT2D eigenvalue weighted by atomic mass is 10.4. The molecule has 1 aromatic heterocycles. The summed E-state index contributed by atoms with van der Waals surface area (Å²) in [5, 5.41) is 0.774. The first-order chi connectivity index (χ1) is 8.24. The number of nitrogens with zero attached hydrogens (tertiary/aromatic N) is 3. The van der Waals surface area contributed by atoms with Crippen LogP contribution in [0.2, 0.25) is 0 Å². The van der Waals surface area contributed by atoms with Gasteiger partial charge in [-0.2, -0.15) is 0 Å². The van der Waals surface area contributed by atoms with E-state index in [0.29, 0.717) is 5.82 Å². The number of morpholine rings is 1. The smallest absolute Gasteiger partial charge is 0.189 e. The van der Waals surface area contributed by atoms with Gasteiger partial charge < -0.3 is 10.5 Å². The van der Waals surface area contributed by atoms with Crippen molar-refractivity contribution in [2.45, 2.75) is 12.1 Å². The molecule has 0 radical (unpaired) electrons. The Morgan fingerprint density at radius 1 is 1.41 bits per heavy atom. The molecule has 1 aliphatic heterocycles. The van der Waals surface area contributed by atoms with Gasteiger partial charge in [0.05, 0.1) is 13.2 Å². The summed E-state index contributed by atoms with van der Waals surface area (Å²) < 4.78 is 5.31. The second-order valence-electron chi connectivity index (χ2n) is 4.02. The summed E-state index contributed by atoms with van der Waals surface area (Å²) in [6.45, 7) is 6.72. The molecule has 0 bridgehead atoms. The van der Waals surface area contributed by atoms with Crippen molar-refractivity contribution in [1.82, 2.24) is 14.9 Å². The highest BCUT2D eigenvalue weighted by Gasteiger charge is 2.10. The van der Waals surface area contributed by atoms with Gasteiger partial charge in [-0.3, -0.25) is 4.90 Å². The molecule has 2 heterocycles. The average Bonchev–Trinajstić information content (AvgIpc) is 2.29. The molecule has 6 heteroatoms. The summed E-state index contributed by atoms with van der Waals surface area (Å²) in [5.41, 5.74) is 6.61. The van der Waals surface area contributed by atoms with E-state index in [2.05, 4.69) is 14.9 Å². The quantitative estimate of drug-likeness (QED) is 0.633. The van der Waals surface area contributed by atoms with Crippen LogP contribution in [0.4, 0.5) is 5.82 Å². The van der Waals surface area contributed by atoms with Crippen LogP contribution in [0, 0.1) is 6.92 Å². The maximum Gasteiger partial charge on any atom is 0.189 e. The summed E-state index contributed by atoms with van der Waals surface area (Å²) in [5.74, 6) is 1.54. The van der Waals surface area contributed by atoms with E-state index >= 15 is 0 Å². The van der Waals surface area contributed by atoms with Crippen LogP contribution in [0.15, 0.2) is 11.2 Å². The largest absolute Gasteiger partial charge is 0.384 e. The molecule has 2 rings (SSSR count). The molecule has 0 unspecified atom stereocenters. The number of hydrogen-bond acceptors (Lipinski definition) is 6. The number of hydrogen-bond donors (Lipinski definition) is 1. The van der Waals surface area contributed by atoms with Gasteiger partial charge in [0.2, 0.25) is 0 Å². The van der Waals surface area contributed by atoms with Gasteiger partial charge in [0.15, 0.2) is 5.16 Å². The molecule has 0 aliphatic carbocycles.